The molecule has 1 amide bonds. The molecule has 0 spiro atoms. The molecule has 1 aromatic carbocycles. The molecular formula is C25H26F4N5O2+. The number of benzene rings is 1. The molecule has 1 saturated heterocycles. The van der Waals surface area contributed by atoms with Crippen LogP contribution in [0.4, 0.5) is 23.4 Å². The minimum absolute atomic E-state index is 0.0239. The van der Waals surface area contributed by atoms with Gasteiger partial charge in [0.25, 0.3) is 5.92 Å². The monoisotopic (exact) mass is 504 g/mol. The Kier molecular flexibility index (Phi) is 6.19. The third-order valence-electron chi connectivity index (χ3n) is 7.16. The van der Waals surface area contributed by atoms with Gasteiger partial charge in [0, 0.05) is 66.7 Å². The number of carbonyl (C=O) groups is 1. The summed E-state index contributed by atoms with van der Waals surface area (Å²) >= 11 is 0. The number of aryl methyl sites for hydroxylation is 1. The van der Waals surface area contributed by atoms with Crippen molar-refractivity contribution in [3.63, 3.8) is 0 Å². The first-order valence-electron chi connectivity index (χ1n) is 11.8. The van der Waals surface area contributed by atoms with E-state index in [9.17, 15) is 27.6 Å². The second kappa shape index (κ2) is 9.20. The summed E-state index contributed by atoms with van der Waals surface area (Å²) < 4.78 is 59.3. The van der Waals surface area contributed by atoms with E-state index in [4.69, 9.17) is 0 Å². The Morgan fingerprint density at radius 3 is 2.53 bits per heavy atom. The lowest BCUT2D eigenvalue weighted by molar-refractivity contribution is -0.904. The zero-order chi connectivity index (χ0) is 25.6. The highest BCUT2D eigenvalue weighted by atomic mass is 19.3. The Labute approximate surface area is 204 Å². The predicted molar refractivity (Wildman–Crippen MR) is 121 cm³/mol. The van der Waals surface area contributed by atoms with Crippen molar-refractivity contribution >= 4 is 11.7 Å². The SMILES string of the molecule is C[C@@H](C(=O)Nc1cc2n(n1)CC[C@H]2c1cc(F)cc(F)c1)N1CCC(F)(F)[C@@H](c2cc[n+](O)cc2)C1. The maximum absolute atomic E-state index is 14.7. The molecule has 2 aromatic heterocycles. The van der Waals surface area contributed by atoms with Crippen LogP contribution in [0.15, 0.2) is 48.8 Å². The normalized spacial score (nSPS) is 22.2. The van der Waals surface area contributed by atoms with Gasteiger partial charge in [-0.15, -0.1) is 0 Å². The first kappa shape index (κ1) is 24.2. The maximum Gasteiger partial charge on any atom is 0.257 e. The minimum Gasteiger partial charge on any atom is -0.308 e. The number of fused-ring (bicyclic) bond motifs is 1. The van der Waals surface area contributed by atoms with Gasteiger partial charge in [0.05, 0.1) is 12.0 Å². The molecule has 0 unspecified atom stereocenters. The van der Waals surface area contributed by atoms with Crippen molar-refractivity contribution in [1.29, 1.82) is 0 Å². The Morgan fingerprint density at radius 2 is 1.83 bits per heavy atom. The zero-order valence-electron chi connectivity index (χ0n) is 19.5. The topological polar surface area (TPSA) is 74.3 Å². The van der Waals surface area contributed by atoms with E-state index in [0.29, 0.717) is 29.9 Å². The summed E-state index contributed by atoms with van der Waals surface area (Å²) in [6.07, 6.45) is 2.83. The minimum atomic E-state index is -2.94. The molecule has 2 aliphatic rings. The third-order valence-corrected chi connectivity index (χ3v) is 7.16. The molecule has 0 aliphatic carbocycles. The molecule has 2 aliphatic heterocycles. The number of carbonyl (C=O) groups excluding carboxylic acids is 1. The van der Waals surface area contributed by atoms with Crippen molar-refractivity contribution in [2.75, 3.05) is 18.4 Å². The van der Waals surface area contributed by atoms with Crippen molar-refractivity contribution in [3.05, 3.63) is 77.2 Å². The smallest absolute Gasteiger partial charge is 0.257 e. The van der Waals surface area contributed by atoms with Gasteiger partial charge in [0.1, 0.15) is 11.6 Å². The van der Waals surface area contributed by atoms with Crippen LogP contribution in [0.25, 0.3) is 0 Å². The Morgan fingerprint density at radius 1 is 1.14 bits per heavy atom. The van der Waals surface area contributed by atoms with Gasteiger partial charge in [-0.05, 0) is 36.6 Å². The molecule has 11 heteroatoms. The largest absolute Gasteiger partial charge is 0.308 e. The van der Waals surface area contributed by atoms with Crippen LogP contribution in [-0.4, -0.2) is 50.8 Å². The van der Waals surface area contributed by atoms with Crippen LogP contribution in [0.1, 0.15) is 48.4 Å². The van der Waals surface area contributed by atoms with Gasteiger partial charge in [0.15, 0.2) is 5.82 Å². The van der Waals surface area contributed by atoms with Gasteiger partial charge >= 0.3 is 0 Å². The average molecular weight is 505 g/mol. The first-order chi connectivity index (χ1) is 17.1. The molecule has 1 fully saturated rings. The first-order valence-corrected chi connectivity index (χ1v) is 11.8. The van der Waals surface area contributed by atoms with E-state index in [1.165, 1.54) is 36.7 Å². The van der Waals surface area contributed by atoms with Gasteiger partial charge in [-0.1, -0.05) is 0 Å². The average Bonchev–Trinajstić information content (AvgIpc) is 3.39. The lowest BCUT2D eigenvalue weighted by atomic mass is 9.87. The number of hydrogen-bond acceptors (Lipinski definition) is 4. The fraction of sp³-hybridized carbons (Fsp3) is 0.400. The fourth-order valence-electron chi connectivity index (χ4n) is 5.15. The number of nitrogens with one attached hydrogen (secondary N) is 1. The van der Waals surface area contributed by atoms with E-state index < -0.39 is 35.9 Å². The van der Waals surface area contributed by atoms with E-state index in [0.717, 1.165) is 16.5 Å². The highest BCUT2D eigenvalue weighted by Crippen LogP contribution is 2.41. The Hall–Kier alpha value is -3.47. The lowest BCUT2D eigenvalue weighted by Crippen LogP contribution is -2.52. The highest BCUT2D eigenvalue weighted by Gasteiger charge is 2.46. The number of piperidine rings is 1. The summed E-state index contributed by atoms with van der Waals surface area (Å²) in [5.74, 6) is -5.69. The number of rotatable bonds is 5. The van der Waals surface area contributed by atoms with Gasteiger partial charge in [-0.2, -0.15) is 5.10 Å². The van der Waals surface area contributed by atoms with E-state index in [2.05, 4.69) is 10.4 Å². The Bertz CT molecular complexity index is 1260. The number of aromatic nitrogens is 3. The number of pyridine rings is 1. The fourth-order valence-corrected chi connectivity index (χ4v) is 5.15. The molecule has 7 nitrogen and oxygen atoms in total. The highest BCUT2D eigenvalue weighted by molar-refractivity contribution is 5.93. The molecule has 4 heterocycles. The molecule has 0 bridgehead atoms. The predicted octanol–water partition coefficient (Wildman–Crippen LogP) is 3.67. The van der Waals surface area contributed by atoms with Crippen LogP contribution in [0.3, 0.4) is 0 Å². The summed E-state index contributed by atoms with van der Waals surface area (Å²) in [7, 11) is 0. The molecule has 190 valence electrons. The molecular weight excluding hydrogens is 478 g/mol. The van der Waals surface area contributed by atoms with Gasteiger partial charge in [-0.3, -0.25) is 19.6 Å². The molecule has 36 heavy (non-hydrogen) atoms. The van der Waals surface area contributed by atoms with E-state index >= 15 is 0 Å². The van der Waals surface area contributed by atoms with Gasteiger partial charge in [-0.25, -0.2) is 17.6 Å². The summed E-state index contributed by atoms with van der Waals surface area (Å²) in [4.78, 5) is 14.7. The van der Waals surface area contributed by atoms with Crippen LogP contribution in [0.5, 0.6) is 0 Å². The zero-order valence-corrected chi connectivity index (χ0v) is 19.5. The van der Waals surface area contributed by atoms with Crippen LogP contribution in [-0.2, 0) is 11.3 Å². The molecule has 0 saturated carbocycles. The van der Waals surface area contributed by atoms with E-state index in [-0.39, 0.29) is 24.9 Å². The number of alkyl halides is 2. The second-order valence-corrected chi connectivity index (χ2v) is 9.46. The van der Waals surface area contributed by atoms with Crippen LogP contribution < -0.4 is 10.0 Å². The number of halogens is 4. The van der Waals surface area contributed by atoms with Crippen LogP contribution >= 0.6 is 0 Å². The van der Waals surface area contributed by atoms with Crippen LogP contribution in [0.2, 0.25) is 0 Å². The van der Waals surface area contributed by atoms with E-state index in [1.54, 1.807) is 22.6 Å². The lowest BCUT2D eigenvalue weighted by Gasteiger charge is -2.40. The number of amides is 1. The maximum atomic E-state index is 14.7. The number of nitrogens with zero attached hydrogens (tertiary/aromatic N) is 4. The van der Waals surface area contributed by atoms with Gasteiger partial charge < -0.3 is 5.32 Å². The summed E-state index contributed by atoms with van der Waals surface area (Å²) in [6.45, 7) is 2.23. The van der Waals surface area contributed by atoms with E-state index in [1.807, 2.05) is 0 Å². The molecule has 3 aromatic rings. The second-order valence-electron chi connectivity index (χ2n) is 9.46. The quantitative estimate of drug-likeness (QED) is 0.316. The Balaban J connectivity index is 1.28. The molecule has 2 N–H and O–H groups in total. The molecule has 5 rings (SSSR count). The van der Waals surface area contributed by atoms with Crippen molar-refractivity contribution in [1.82, 2.24) is 14.7 Å². The summed E-state index contributed by atoms with van der Waals surface area (Å²) in [5, 5.41) is 16.6. The van der Waals surface area contributed by atoms with Crippen molar-refractivity contribution < 1.29 is 32.3 Å². The molecule has 3 atom stereocenters. The number of anilines is 1. The van der Waals surface area contributed by atoms with Crippen molar-refractivity contribution in [2.45, 2.75) is 50.1 Å². The number of hydrogen-bond donors (Lipinski definition) is 2. The number of likely N-dealkylation sites (tertiary alicyclic amines) is 1. The standard InChI is InChI=1S/C25H25F4N5O2/c1-15(32-9-5-25(28,29)21(14-32)16-2-6-33(36)7-3-16)24(35)30-23-13-22-20(4-8-34(22)31-23)17-10-18(26)12-19(27)11-17/h2-3,6-7,10-13,15,20-21H,4-5,8-9,14H2,1H3,(H-,30,31,35,36)/p+1/t15-,20-,21+/m0/s1. The van der Waals surface area contributed by atoms with Crippen molar-refractivity contribution in [2.24, 2.45) is 0 Å². The third kappa shape index (κ3) is 4.67. The van der Waals surface area contributed by atoms with Gasteiger partial charge in [0.2, 0.25) is 18.3 Å². The molecule has 0 radical (unpaired) electrons. The summed E-state index contributed by atoms with van der Waals surface area (Å²) in [6, 6.07) is 7.30. The van der Waals surface area contributed by atoms with Crippen LogP contribution in [0, 0.1) is 11.6 Å². The summed E-state index contributed by atoms with van der Waals surface area (Å²) in [5.41, 5.74) is 1.63. The van der Waals surface area contributed by atoms with Crippen molar-refractivity contribution in [3.8, 4) is 0 Å².